The van der Waals surface area contributed by atoms with Crippen LogP contribution in [0.2, 0.25) is 0 Å². The highest BCUT2D eigenvalue weighted by Gasteiger charge is 2.36. The van der Waals surface area contributed by atoms with Crippen molar-refractivity contribution in [2.75, 3.05) is 11.9 Å². The summed E-state index contributed by atoms with van der Waals surface area (Å²) in [6.07, 6.45) is 5.12. The van der Waals surface area contributed by atoms with Gasteiger partial charge in [0.05, 0.1) is 5.54 Å². The highest BCUT2D eigenvalue weighted by molar-refractivity contribution is 5.48. The third kappa shape index (κ3) is 2.63. The molecule has 0 aromatic heterocycles. The highest BCUT2D eigenvalue weighted by atomic mass is 15.0. The van der Waals surface area contributed by atoms with Crippen LogP contribution in [-0.4, -0.2) is 12.1 Å². The largest absolute Gasteiger partial charge is 0.378 e. The van der Waals surface area contributed by atoms with E-state index in [1.54, 1.807) is 0 Å². The maximum atomic E-state index is 6.05. The smallest absolute Gasteiger partial charge is 0.0521 e. The molecule has 2 rings (SSSR count). The number of hydrogen-bond donors (Lipinski definition) is 2. The van der Waals surface area contributed by atoms with Crippen molar-refractivity contribution in [3.63, 3.8) is 0 Å². The molecule has 0 amide bonds. The molecule has 0 saturated heterocycles. The zero-order chi connectivity index (χ0) is 12.3. The van der Waals surface area contributed by atoms with Crippen molar-refractivity contribution in [1.29, 1.82) is 0 Å². The number of nitrogens with one attached hydrogen (secondary N) is 1. The molecule has 2 unspecified atom stereocenters. The molecule has 0 heterocycles. The van der Waals surface area contributed by atoms with Gasteiger partial charge in [0.25, 0.3) is 0 Å². The van der Waals surface area contributed by atoms with Gasteiger partial charge in [-0.1, -0.05) is 31.9 Å². The molecule has 2 atom stereocenters. The minimum atomic E-state index is 0.103. The van der Waals surface area contributed by atoms with Crippen LogP contribution in [0.5, 0.6) is 0 Å². The van der Waals surface area contributed by atoms with Gasteiger partial charge in [-0.25, -0.2) is 0 Å². The van der Waals surface area contributed by atoms with Crippen molar-refractivity contribution < 1.29 is 0 Å². The second-order valence-corrected chi connectivity index (χ2v) is 5.50. The summed E-state index contributed by atoms with van der Waals surface area (Å²) < 4.78 is 0. The first-order valence-corrected chi connectivity index (χ1v) is 6.71. The Morgan fingerprint density at radius 2 is 2.24 bits per heavy atom. The first-order chi connectivity index (χ1) is 8.16. The van der Waals surface area contributed by atoms with Gasteiger partial charge < -0.3 is 11.1 Å². The fourth-order valence-electron chi connectivity index (χ4n) is 2.96. The van der Waals surface area contributed by atoms with E-state index in [0.717, 1.165) is 6.54 Å². The van der Waals surface area contributed by atoms with E-state index in [9.17, 15) is 0 Å². The van der Waals surface area contributed by atoms with Crippen LogP contribution in [0.3, 0.4) is 0 Å². The molecule has 1 aliphatic rings. The van der Waals surface area contributed by atoms with Gasteiger partial charge in [-0.05, 0) is 43.4 Å². The van der Waals surface area contributed by atoms with Gasteiger partial charge in [-0.15, -0.1) is 0 Å². The van der Waals surface area contributed by atoms with E-state index in [0.29, 0.717) is 5.92 Å². The lowest BCUT2D eigenvalue weighted by molar-refractivity contribution is 0.235. The summed E-state index contributed by atoms with van der Waals surface area (Å²) in [7, 11) is 0. The predicted molar refractivity (Wildman–Crippen MR) is 74.2 cm³/mol. The second kappa shape index (κ2) is 5.09. The van der Waals surface area contributed by atoms with Crippen molar-refractivity contribution in [1.82, 2.24) is 0 Å². The molecular weight excluding hydrogens is 208 g/mol. The molecule has 0 bridgehead atoms. The molecule has 3 N–H and O–H groups in total. The first-order valence-electron chi connectivity index (χ1n) is 6.71. The molecule has 0 aliphatic heterocycles. The van der Waals surface area contributed by atoms with Crippen molar-refractivity contribution in [2.45, 2.75) is 45.1 Å². The number of aryl methyl sites for hydroxylation is 1. The molecule has 1 aromatic carbocycles. The Labute approximate surface area is 105 Å². The van der Waals surface area contributed by atoms with Crippen LogP contribution in [0.15, 0.2) is 24.3 Å². The molecule has 2 heteroatoms. The van der Waals surface area contributed by atoms with Crippen molar-refractivity contribution in [3.8, 4) is 0 Å². The van der Waals surface area contributed by atoms with Gasteiger partial charge in [0.15, 0.2) is 0 Å². The monoisotopic (exact) mass is 232 g/mol. The Morgan fingerprint density at radius 3 is 2.88 bits per heavy atom. The van der Waals surface area contributed by atoms with Crippen LogP contribution in [0, 0.1) is 12.8 Å². The Hall–Kier alpha value is -1.02. The summed E-state index contributed by atoms with van der Waals surface area (Å²) in [5.74, 6) is 0.654. The quantitative estimate of drug-likeness (QED) is 0.839. The van der Waals surface area contributed by atoms with Gasteiger partial charge in [-0.2, -0.15) is 0 Å². The number of nitrogens with two attached hydrogens (primary N) is 1. The molecule has 94 valence electrons. The summed E-state index contributed by atoms with van der Waals surface area (Å²) in [4.78, 5) is 0. The zero-order valence-electron chi connectivity index (χ0n) is 11.0. The fraction of sp³-hybridized carbons (Fsp3) is 0.600. The summed E-state index contributed by atoms with van der Waals surface area (Å²) in [5, 5.41) is 3.71. The summed E-state index contributed by atoms with van der Waals surface area (Å²) in [6.45, 7) is 5.18. The molecule has 1 aliphatic carbocycles. The molecular formula is C15H24N2. The van der Waals surface area contributed by atoms with Crippen molar-refractivity contribution >= 4 is 5.69 Å². The topological polar surface area (TPSA) is 38.0 Å². The van der Waals surface area contributed by atoms with Crippen LogP contribution in [0.1, 0.15) is 38.2 Å². The molecule has 1 fully saturated rings. The summed E-state index contributed by atoms with van der Waals surface area (Å²) in [6, 6.07) is 8.59. The van der Waals surface area contributed by atoms with Crippen LogP contribution in [-0.2, 0) is 0 Å². The molecule has 17 heavy (non-hydrogen) atoms. The molecule has 2 nitrogen and oxygen atoms in total. The van der Waals surface area contributed by atoms with E-state index in [1.165, 1.54) is 36.9 Å². The molecule has 0 radical (unpaired) electrons. The van der Waals surface area contributed by atoms with Gasteiger partial charge in [0.1, 0.15) is 0 Å². The average molecular weight is 232 g/mol. The summed E-state index contributed by atoms with van der Waals surface area (Å²) in [5.41, 5.74) is 8.66. The lowest BCUT2D eigenvalue weighted by Gasteiger charge is -2.43. The van der Waals surface area contributed by atoms with E-state index in [-0.39, 0.29) is 5.54 Å². The van der Waals surface area contributed by atoms with E-state index in [1.807, 2.05) is 0 Å². The first kappa shape index (κ1) is 12.4. The minimum absolute atomic E-state index is 0.103. The van der Waals surface area contributed by atoms with Gasteiger partial charge in [-0.3, -0.25) is 0 Å². The zero-order valence-corrected chi connectivity index (χ0v) is 11.0. The van der Waals surface area contributed by atoms with E-state index in [2.05, 4.69) is 43.4 Å². The highest BCUT2D eigenvalue weighted by Crippen LogP contribution is 2.35. The second-order valence-electron chi connectivity index (χ2n) is 5.50. The Morgan fingerprint density at radius 1 is 1.41 bits per heavy atom. The van der Waals surface area contributed by atoms with Gasteiger partial charge >= 0.3 is 0 Å². The number of rotatable bonds is 3. The normalized spacial score (nSPS) is 29.0. The lowest BCUT2D eigenvalue weighted by Crippen LogP contribution is -2.52. The van der Waals surface area contributed by atoms with Gasteiger partial charge in [0, 0.05) is 12.2 Å². The maximum Gasteiger partial charge on any atom is 0.0521 e. The molecule has 1 saturated carbocycles. The maximum absolute atomic E-state index is 6.05. The Kier molecular flexibility index (Phi) is 3.72. The number of anilines is 1. The van der Waals surface area contributed by atoms with Crippen LogP contribution in [0.4, 0.5) is 5.69 Å². The fourth-order valence-corrected chi connectivity index (χ4v) is 2.96. The average Bonchev–Trinajstić information content (AvgIpc) is 2.32. The van der Waals surface area contributed by atoms with Crippen LogP contribution < -0.4 is 11.1 Å². The standard InChI is InChI=1S/C15H24N2/c1-12-6-5-8-14(10-12)17-15(11-16)9-4-3-7-13(15)2/h5-6,8,10,13,17H,3-4,7,9,11,16H2,1-2H3. The van der Waals surface area contributed by atoms with E-state index < -0.39 is 0 Å². The Balaban J connectivity index is 2.18. The van der Waals surface area contributed by atoms with E-state index in [4.69, 9.17) is 5.73 Å². The van der Waals surface area contributed by atoms with Crippen molar-refractivity contribution in [2.24, 2.45) is 11.7 Å². The third-order valence-corrected chi connectivity index (χ3v) is 4.23. The van der Waals surface area contributed by atoms with E-state index >= 15 is 0 Å². The third-order valence-electron chi connectivity index (χ3n) is 4.23. The molecule has 1 aromatic rings. The van der Waals surface area contributed by atoms with Gasteiger partial charge in [0.2, 0.25) is 0 Å². The van der Waals surface area contributed by atoms with Crippen LogP contribution >= 0.6 is 0 Å². The number of benzene rings is 1. The number of hydrogen-bond acceptors (Lipinski definition) is 2. The summed E-state index contributed by atoms with van der Waals surface area (Å²) >= 11 is 0. The van der Waals surface area contributed by atoms with Crippen molar-refractivity contribution in [3.05, 3.63) is 29.8 Å². The SMILES string of the molecule is Cc1cccc(NC2(CN)CCCCC2C)c1. The Bertz CT molecular complexity index is 375. The predicted octanol–water partition coefficient (Wildman–Crippen LogP) is 3.31. The molecule has 0 spiro atoms. The lowest BCUT2D eigenvalue weighted by atomic mass is 9.73. The van der Waals surface area contributed by atoms with Crippen LogP contribution in [0.25, 0.3) is 0 Å². The minimum Gasteiger partial charge on any atom is -0.378 e.